The third kappa shape index (κ3) is 8.21. The maximum absolute atomic E-state index is 14.5. The highest BCUT2D eigenvalue weighted by molar-refractivity contribution is 6.44. The first-order valence-corrected chi connectivity index (χ1v) is 35.1. The molecule has 0 heterocycles. The summed E-state index contributed by atoms with van der Waals surface area (Å²) in [6, 6.07) is 96.4. The van der Waals surface area contributed by atoms with Crippen LogP contribution in [0.3, 0.4) is 0 Å². The molecule has 0 N–H and O–H groups in total. The van der Waals surface area contributed by atoms with Crippen LogP contribution in [0.25, 0.3) is 208 Å². The van der Waals surface area contributed by atoms with Crippen LogP contribution in [0.5, 0.6) is 0 Å². The molecule has 18 aromatic rings. The molecule has 478 valence electrons. The molecule has 2 aliphatic rings. The van der Waals surface area contributed by atoms with Crippen molar-refractivity contribution < 1.29 is 19.1 Å². The SMILES string of the molecule is CC(C)COC(=O)c1ccc2c3c(-c4ccc5c(-c6ccccc6)c6c(c(-c7ccccc7)c5c4)-c4ccc5c7ccc8c9c(ccc(c%10ccc-6c4c%105)c97)-c4c-8c(-c5ccccc5)c5ccccc5c4-c4ccccc4)cc(C#N)c4c(C(=O)OCC(C)C)ccc(c5ccc(C#N)c1c52)c43. The van der Waals surface area contributed by atoms with E-state index in [1.54, 1.807) is 18.2 Å². The second kappa shape index (κ2) is 22.3. The highest BCUT2D eigenvalue weighted by Crippen LogP contribution is 2.63. The van der Waals surface area contributed by atoms with Crippen molar-refractivity contribution in [1.82, 2.24) is 0 Å². The zero-order chi connectivity index (χ0) is 68.5. The van der Waals surface area contributed by atoms with E-state index in [0.717, 1.165) is 82.2 Å². The summed E-state index contributed by atoms with van der Waals surface area (Å²) in [5.74, 6) is -0.869. The normalized spacial score (nSPS) is 12.2. The lowest BCUT2D eigenvalue weighted by atomic mass is 9.80. The van der Waals surface area contributed by atoms with Crippen LogP contribution in [-0.2, 0) is 9.47 Å². The number of hydrogen-bond donors (Lipinski definition) is 0. The molecule has 2 aliphatic carbocycles. The van der Waals surface area contributed by atoms with Crippen LogP contribution in [-0.4, -0.2) is 25.2 Å². The second-order valence-electron chi connectivity index (χ2n) is 28.4. The smallest absolute Gasteiger partial charge is 0.338 e. The number of ether oxygens (including phenoxy) is 2. The van der Waals surface area contributed by atoms with Crippen LogP contribution < -0.4 is 0 Å². The summed E-state index contributed by atoms with van der Waals surface area (Å²) in [6.45, 7) is 8.40. The number of nitriles is 2. The van der Waals surface area contributed by atoms with Crippen LogP contribution in [0.2, 0.25) is 0 Å². The topological polar surface area (TPSA) is 100 Å². The summed E-state index contributed by atoms with van der Waals surface area (Å²) < 4.78 is 11.9. The molecule has 0 amide bonds. The van der Waals surface area contributed by atoms with Crippen molar-refractivity contribution in [3.63, 3.8) is 0 Å². The number of nitrogens with zero attached hydrogens (tertiary/aromatic N) is 2. The quantitative estimate of drug-likeness (QED) is 0.0727. The van der Waals surface area contributed by atoms with Gasteiger partial charge in [-0.05, 0) is 234 Å². The summed E-state index contributed by atoms with van der Waals surface area (Å²) in [4.78, 5) is 28.8. The van der Waals surface area contributed by atoms with E-state index < -0.39 is 11.9 Å². The molecule has 0 bridgehead atoms. The Hall–Kier alpha value is -13.0. The number of fused-ring (bicyclic) bond motifs is 12. The predicted octanol–water partition coefficient (Wildman–Crippen LogP) is 25.1. The zero-order valence-electron chi connectivity index (χ0n) is 56.3. The number of benzene rings is 18. The summed E-state index contributed by atoms with van der Waals surface area (Å²) in [7, 11) is 0. The first kappa shape index (κ1) is 59.1. The fourth-order valence-corrected chi connectivity index (χ4v) is 17.9. The van der Waals surface area contributed by atoms with Gasteiger partial charge in [-0.25, -0.2) is 9.59 Å². The lowest BCUT2D eigenvalue weighted by Crippen LogP contribution is -2.12. The van der Waals surface area contributed by atoms with Gasteiger partial charge < -0.3 is 9.47 Å². The van der Waals surface area contributed by atoms with Gasteiger partial charge in [-0.1, -0.05) is 252 Å². The van der Waals surface area contributed by atoms with Gasteiger partial charge in [0.1, 0.15) is 0 Å². The number of hydrogen-bond acceptors (Lipinski definition) is 6. The summed E-state index contributed by atoms with van der Waals surface area (Å²) in [6.07, 6.45) is 0. The summed E-state index contributed by atoms with van der Waals surface area (Å²) in [5, 5.41) is 42.4. The van der Waals surface area contributed by atoms with Gasteiger partial charge in [0.2, 0.25) is 0 Å². The third-order valence-corrected chi connectivity index (χ3v) is 21.8. The molecule has 0 radical (unpaired) electrons. The van der Waals surface area contributed by atoms with Crippen LogP contribution >= 0.6 is 0 Å². The highest BCUT2D eigenvalue weighted by Gasteiger charge is 2.37. The molecule has 0 aliphatic heterocycles. The summed E-state index contributed by atoms with van der Waals surface area (Å²) in [5.41, 5.74) is 21.8. The molecular formula is C96H60N2O4. The van der Waals surface area contributed by atoms with Crippen molar-refractivity contribution in [1.29, 1.82) is 10.5 Å². The second-order valence-corrected chi connectivity index (χ2v) is 28.4. The minimum atomic E-state index is -0.518. The first-order chi connectivity index (χ1) is 50.1. The largest absolute Gasteiger partial charge is 0.462 e. The molecule has 0 atom stereocenters. The Morgan fingerprint density at radius 1 is 0.275 bits per heavy atom. The minimum Gasteiger partial charge on any atom is -0.462 e. The third-order valence-electron chi connectivity index (χ3n) is 21.8. The number of rotatable bonds is 11. The van der Waals surface area contributed by atoms with Gasteiger partial charge in [-0.3, -0.25) is 0 Å². The van der Waals surface area contributed by atoms with Crippen LogP contribution in [0.4, 0.5) is 0 Å². The van der Waals surface area contributed by atoms with E-state index in [4.69, 9.17) is 9.47 Å². The first-order valence-electron chi connectivity index (χ1n) is 35.1. The van der Waals surface area contributed by atoms with Crippen LogP contribution in [0.1, 0.15) is 59.5 Å². The fourth-order valence-electron chi connectivity index (χ4n) is 17.9. The van der Waals surface area contributed by atoms with Crippen molar-refractivity contribution in [2.45, 2.75) is 27.7 Å². The lowest BCUT2D eigenvalue weighted by molar-refractivity contribution is 0.0453. The molecule has 18 aromatic carbocycles. The number of carbonyl (C=O) groups excluding carboxylic acids is 2. The lowest BCUT2D eigenvalue weighted by Gasteiger charge is -2.23. The van der Waals surface area contributed by atoms with E-state index in [1.165, 1.54) is 109 Å². The summed E-state index contributed by atoms with van der Waals surface area (Å²) >= 11 is 0. The van der Waals surface area contributed by atoms with Crippen molar-refractivity contribution in [3.8, 4) is 112 Å². The van der Waals surface area contributed by atoms with Gasteiger partial charge in [0.25, 0.3) is 0 Å². The predicted molar refractivity (Wildman–Crippen MR) is 420 cm³/mol. The van der Waals surface area contributed by atoms with E-state index >= 15 is 0 Å². The number of esters is 2. The molecule has 6 nitrogen and oxygen atoms in total. The van der Waals surface area contributed by atoms with Crippen molar-refractivity contribution in [2.24, 2.45) is 11.8 Å². The van der Waals surface area contributed by atoms with Crippen LogP contribution in [0, 0.1) is 34.5 Å². The Labute approximate surface area is 587 Å². The zero-order valence-corrected chi connectivity index (χ0v) is 56.3. The van der Waals surface area contributed by atoms with E-state index in [-0.39, 0.29) is 30.6 Å². The Morgan fingerprint density at radius 3 is 1.02 bits per heavy atom. The van der Waals surface area contributed by atoms with Gasteiger partial charge in [0, 0.05) is 16.2 Å². The standard InChI is InChI=1S/C96H60N2O4/c1-51(2)49-101-95(99)74-44-42-69-86-62(32-30-58(47-97)82(74)86)67-37-43-75(96(100)102-50-52(3)4)83-59(48-98)46-76(89(69)90(67)83)57-29-31-68-77(45-57)81(56-25-15-8-16-26-56)94-73-41-36-66-64-34-39-71-87-70(38-33-63(84(64)87)65-35-40-72(88(73)85(65)66)93(94)80(68)55-23-13-7-14-24-55)91-78(53-19-9-5-10-20-53)60-27-17-18-28-61(60)79(92(71)91)54-21-11-6-12-22-54/h5-46,51-52H,49-50H2,1-4H3. The van der Waals surface area contributed by atoms with Crippen LogP contribution in [0.15, 0.2) is 255 Å². The minimum absolute atomic E-state index is 0.0756. The Bertz CT molecular complexity index is 6700. The molecule has 0 saturated heterocycles. The molecule has 0 aromatic heterocycles. The average molecular weight is 1310 g/mol. The maximum atomic E-state index is 14.5. The van der Waals surface area contributed by atoms with Crippen molar-refractivity contribution >= 4 is 120 Å². The van der Waals surface area contributed by atoms with E-state index in [0.29, 0.717) is 32.8 Å². The Balaban J connectivity index is 0.874. The molecule has 0 fully saturated rings. The Morgan fingerprint density at radius 2 is 0.608 bits per heavy atom. The Kier molecular flexibility index (Phi) is 12.9. The highest BCUT2D eigenvalue weighted by atomic mass is 16.5. The van der Waals surface area contributed by atoms with E-state index in [9.17, 15) is 20.1 Å². The molecule has 0 spiro atoms. The molecule has 0 unspecified atom stereocenters. The van der Waals surface area contributed by atoms with Gasteiger partial charge in [0.05, 0.1) is 47.6 Å². The molecule has 6 heteroatoms. The molecule has 102 heavy (non-hydrogen) atoms. The van der Waals surface area contributed by atoms with Gasteiger partial charge in [-0.15, -0.1) is 0 Å². The molecular weight excluding hydrogens is 1250 g/mol. The van der Waals surface area contributed by atoms with Crippen molar-refractivity contribution in [2.75, 3.05) is 13.2 Å². The monoisotopic (exact) mass is 1300 g/mol. The maximum Gasteiger partial charge on any atom is 0.338 e. The number of carbonyl (C=O) groups is 2. The van der Waals surface area contributed by atoms with Gasteiger partial charge in [0.15, 0.2) is 0 Å². The van der Waals surface area contributed by atoms with E-state index in [2.05, 4.69) is 224 Å². The molecule has 20 rings (SSSR count). The van der Waals surface area contributed by atoms with Gasteiger partial charge in [-0.2, -0.15) is 10.5 Å². The van der Waals surface area contributed by atoms with Crippen molar-refractivity contribution in [3.05, 3.63) is 277 Å². The fraction of sp³-hybridized carbons (Fsp3) is 0.0833. The van der Waals surface area contributed by atoms with E-state index in [1.807, 2.05) is 52.0 Å². The van der Waals surface area contributed by atoms with Gasteiger partial charge >= 0.3 is 11.9 Å². The molecule has 0 saturated carbocycles. The average Bonchev–Trinajstić information content (AvgIpc) is 1.42.